The maximum absolute atomic E-state index is 11.1. The lowest BCUT2D eigenvalue weighted by molar-refractivity contribution is -0.179. The van der Waals surface area contributed by atoms with Crippen molar-refractivity contribution in [3.05, 3.63) is 0 Å². The number of thioether (sulfide) groups is 1. The molecule has 0 N–H and O–H groups in total. The second kappa shape index (κ2) is 6.63. The first kappa shape index (κ1) is 14.8. The molecule has 0 amide bonds. The molecule has 1 rings (SSSR count). The topological polar surface area (TPSA) is 78.9 Å². The summed E-state index contributed by atoms with van der Waals surface area (Å²) >= 11 is 1.48. The Morgan fingerprint density at radius 3 is 1.56 bits per heavy atom. The molecule has 1 fully saturated rings. The van der Waals surface area contributed by atoms with Crippen LogP contribution in [0.1, 0.15) is 20.8 Å². The van der Waals surface area contributed by atoms with Crippen molar-refractivity contribution >= 4 is 29.7 Å². The van der Waals surface area contributed by atoms with E-state index in [9.17, 15) is 14.4 Å². The van der Waals surface area contributed by atoms with Gasteiger partial charge in [0.1, 0.15) is 0 Å². The Morgan fingerprint density at radius 2 is 1.22 bits per heavy atom. The van der Waals surface area contributed by atoms with Crippen molar-refractivity contribution in [2.45, 2.75) is 39.1 Å². The SMILES string of the molecule is CC(=O)O[C@@H]1[C@@H](OC(C)=O)CSC[C@H]1OC(C)=O. The number of ether oxygens (including phenoxy) is 3. The van der Waals surface area contributed by atoms with E-state index in [2.05, 4.69) is 0 Å². The molecule has 102 valence electrons. The Bertz CT molecular complexity index is 318. The Morgan fingerprint density at radius 1 is 0.833 bits per heavy atom. The highest BCUT2D eigenvalue weighted by molar-refractivity contribution is 7.99. The second-order valence-electron chi connectivity index (χ2n) is 3.91. The summed E-state index contributed by atoms with van der Waals surface area (Å²) in [6.07, 6.45) is -1.92. The minimum absolute atomic E-state index is 0.457. The molecule has 3 atom stereocenters. The Balaban J connectivity index is 2.78. The highest BCUT2D eigenvalue weighted by Gasteiger charge is 2.40. The largest absolute Gasteiger partial charge is 0.458 e. The first-order valence-electron chi connectivity index (χ1n) is 5.49. The minimum atomic E-state index is -0.739. The minimum Gasteiger partial charge on any atom is -0.458 e. The van der Waals surface area contributed by atoms with Crippen LogP contribution in [0.15, 0.2) is 0 Å². The fourth-order valence-electron chi connectivity index (χ4n) is 1.70. The van der Waals surface area contributed by atoms with Crippen molar-refractivity contribution in [3.63, 3.8) is 0 Å². The third-order valence-electron chi connectivity index (χ3n) is 2.23. The van der Waals surface area contributed by atoms with Gasteiger partial charge < -0.3 is 14.2 Å². The summed E-state index contributed by atoms with van der Waals surface area (Å²) in [7, 11) is 0. The van der Waals surface area contributed by atoms with Gasteiger partial charge in [0.15, 0.2) is 18.3 Å². The molecule has 1 aliphatic heterocycles. The summed E-state index contributed by atoms with van der Waals surface area (Å²) in [5, 5.41) is 0. The van der Waals surface area contributed by atoms with Crippen LogP contribution >= 0.6 is 11.8 Å². The van der Waals surface area contributed by atoms with Crippen LogP contribution in [-0.4, -0.2) is 47.7 Å². The van der Waals surface area contributed by atoms with Gasteiger partial charge in [-0.1, -0.05) is 0 Å². The molecular formula is C11H16O6S. The number of carbonyl (C=O) groups is 3. The summed E-state index contributed by atoms with van der Waals surface area (Å²) in [6.45, 7) is 3.83. The third kappa shape index (κ3) is 4.56. The molecule has 1 aliphatic rings. The summed E-state index contributed by atoms with van der Waals surface area (Å²) in [5.41, 5.74) is 0. The van der Waals surface area contributed by atoms with E-state index in [-0.39, 0.29) is 0 Å². The molecule has 0 unspecified atom stereocenters. The van der Waals surface area contributed by atoms with Gasteiger partial charge in [0.05, 0.1) is 0 Å². The fourth-order valence-corrected chi connectivity index (χ4v) is 2.82. The Kier molecular flexibility index (Phi) is 5.46. The monoisotopic (exact) mass is 276 g/mol. The lowest BCUT2D eigenvalue weighted by atomic mass is 10.1. The molecule has 0 radical (unpaired) electrons. The average molecular weight is 276 g/mol. The van der Waals surface area contributed by atoms with E-state index in [1.54, 1.807) is 0 Å². The van der Waals surface area contributed by atoms with Crippen LogP contribution in [0, 0.1) is 0 Å². The van der Waals surface area contributed by atoms with Crippen LogP contribution in [0.2, 0.25) is 0 Å². The molecular weight excluding hydrogens is 260 g/mol. The molecule has 6 nitrogen and oxygen atoms in total. The summed E-state index contributed by atoms with van der Waals surface area (Å²) in [4.78, 5) is 33.0. The van der Waals surface area contributed by atoms with Crippen molar-refractivity contribution in [1.29, 1.82) is 0 Å². The molecule has 0 aromatic heterocycles. The zero-order valence-corrected chi connectivity index (χ0v) is 11.3. The maximum atomic E-state index is 11.1. The maximum Gasteiger partial charge on any atom is 0.303 e. The zero-order chi connectivity index (χ0) is 13.7. The van der Waals surface area contributed by atoms with Gasteiger partial charge >= 0.3 is 17.9 Å². The molecule has 1 heterocycles. The van der Waals surface area contributed by atoms with E-state index in [0.29, 0.717) is 11.5 Å². The molecule has 0 aromatic carbocycles. The van der Waals surface area contributed by atoms with Crippen LogP contribution in [-0.2, 0) is 28.6 Å². The zero-order valence-electron chi connectivity index (χ0n) is 10.5. The van der Waals surface area contributed by atoms with Crippen molar-refractivity contribution in [2.75, 3.05) is 11.5 Å². The lowest BCUT2D eigenvalue weighted by Crippen LogP contribution is -2.50. The molecule has 0 aromatic rings. The van der Waals surface area contributed by atoms with Crippen LogP contribution < -0.4 is 0 Å². The standard InChI is InChI=1S/C11H16O6S/c1-6(12)15-9-4-18-5-10(16-7(2)13)11(9)17-8(3)14/h9-11H,4-5H2,1-3H3/t9-,10+,11+. The number of carbonyl (C=O) groups excluding carboxylic acids is 3. The van der Waals surface area contributed by atoms with Crippen LogP contribution in [0.4, 0.5) is 0 Å². The van der Waals surface area contributed by atoms with Gasteiger partial charge in [-0.2, -0.15) is 11.8 Å². The van der Waals surface area contributed by atoms with Gasteiger partial charge in [-0.05, 0) is 0 Å². The van der Waals surface area contributed by atoms with Crippen molar-refractivity contribution in [3.8, 4) is 0 Å². The molecule has 0 spiro atoms. The van der Waals surface area contributed by atoms with Crippen molar-refractivity contribution in [2.24, 2.45) is 0 Å². The van der Waals surface area contributed by atoms with Crippen LogP contribution in [0.5, 0.6) is 0 Å². The first-order chi connectivity index (χ1) is 8.40. The molecule has 1 saturated heterocycles. The van der Waals surface area contributed by atoms with E-state index in [1.165, 1.54) is 32.5 Å². The molecule has 7 heteroatoms. The molecule has 0 saturated carbocycles. The van der Waals surface area contributed by atoms with Crippen molar-refractivity contribution < 1.29 is 28.6 Å². The van der Waals surface area contributed by atoms with Gasteiger partial charge in [0, 0.05) is 32.3 Å². The summed E-state index contributed by atoms with van der Waals surface area (Å²) in [6, 6.07) is 0. The number of hydrogen-bond donors (Lipinski definition) is 0. The van der Waals surface area contributed by atoms with E-state index in [4.69, 9.17) is 14.2 Å². The summed E-state index contributed by atoms with van der Waals surface area (Å²) < 4.78 is 15.3. The highest BCUT2D eigenvalue weighted by atomic mass is 32.2. The van der Waals surface area contributed by atoms with Gasteiger partial charge in [0.25, 0.3) is 0 Å². The predicted molar refractivity (Wildman–Crippen MR) is 64.0 cm³/mol. The number of rotatable bonds is 3. The van der Waals surface area contributed by atoms with E-state index < -0.39 is 36.2 Å². The molecule has 18 heavy (non-hydrogen) atoms. The van der Waals surface area contributed by atoms with Crippen LogP contribution in [0.3, 0.4) is 0 Å². The van der Waals surface area contributed by atoms with Crippen molar-refractivity contribution in [1.82, 2.24) is 0 Å². The highest BCUT2D eigenvalue weighted by Crippen LogP contribution is 2.26. The quantitative estimate of drug-likeness (QED) is 0.549. The average Bonchev–Trinajstić information content (AvgIpc) is 2.20. The van der Waals surface area contributed by atoms with E-state index in [1.807, 2.05) is 0 Å². The Labute approximate surface area is 109 Å². The van der Waals surface area contributed by atoms with E-state index >= 15 is 0 Å². The second-order valence-corrected chi connectivity index (χ2v) is 4.98. The fraction of sp³-hybridized carbons (Fsp3) is 0.727. The molecule has 0 aliphatic carbocycles. The van der Waals surface area contributed by atoms with Gasteiger partial charge in [-0.3, -0.25) is 14.4 Å². The van der Waals surface area contributed by atoms with Gasteiger partial charge in [0.2, 0.25) is 0 Å². The molecule has 0 bridgehead atoms. The normalized spacial score (nSPS) is 27.2. The van der Waals surface area contributed by atoms with Gasteiger partial charge in [-0.15, -0.1) is 0 Å². The van der Waals surface area contributed by atoms with Crippen LogP contribution in [0.25, 0.3) is 0 Å². The smallest absolute Gasteiger partial charge is 0.303 e. The first-order valence-corrected chi connectivity index (χ1v) is 6.65. The Hall–Kier alpha value is -1.24. The number of esters is 3. The third-order valence-corrected chi connectivity index (χ3v) is 3.36. The van der Waals surface area contributed by atoms with E-state index in [0.717, 1.165) is 0 Å². The lowest BCUT2D eigenvalue weighted by Gasteiger charge is -2.35. The van der Waals surface area contributed by atoms with Gasteiger partial charge in [-0.25, -0.2) is 0 Å². The predicted octanol–water partition coefficient (Wildman–Crippen LogP) is 0.528. The summed E-state index contributed by atoms with van der Waals surface area (Å²) in [5.74, 6) is -0.395. The number of hydrogen-bond acceptors (Lipinski definition) is 7.